The predicted octanol–water partition coefficient (Wildman–Crippen LogP) is 3.19. The zero-order chi connectivity index (χ0) is 10.6. The lowest BCUT2D eigenvalue weighted by Gasteiger charge is -2.01. The molecule has 0 atom stereocenters. The second-order valence-corrected chi connectivity index (χ2v) is 3.15. The van der Waals surface area contributed by atoms with Crippen molar-refractivity contribution in [3.05, 3.63) is 35.4 Å². The third kappa shape index (κ3) is 2.70. The van der Waals surface area contributed by atoms with E-state index in [4.69, 9.17) is 17.3 Å². The molecule has 1 aromatic carbocycles. The molecule has 0 aliphatic rings. The fourth-order valence-electron chi connectivity index (χ4n) is 0.995. The van der Waals surface area contributed by atoms with E-state index >= 15 is 0 Å². The monoisotopic (exact) mass is 217 g/mol. The molecule has 1 aromatic rings. The van der Waals surface area contributed by atoms with E-state index in [-0.39, 0.29) is 5.69 Å². The quantitative estimate of drug-likeness (QED) is 0.611. The Kier molecular flexibility index (Phi) is 3.89. The van der Waals surface area contributed by atoms with Gasteiger partial charge in [0.2, 0.25) is 0 Å². The van der Waals surface area contributed by atoms with Crippen molar-refractivity contribution in [3.8, 4) is 0 Å². The molecule has 0 spiro atoms. The van der Waals surface area contributed by atoms with Gasteiger partial charge in [0, 0.05) is 23.2 Å². The molecule has 1 nitrogen and oxygen atoms in total. The number of benzene rings is 1. The number of alkyl halides is 1. The molecule has 0 saturated carbocycles. The summed E-state index contributed by atoms with van der Waals surface area (Å²) in [4.78, 5) is 0. The van der Waals surface area contributed by atoms with Crippen LogP contribution in [-0.2, 0) is 0 Å². The van der Waals surface area contributed by atoms with Crippen molar-refractivity contribution in [3.63, 3.8) is 0 Å². The van der Waals surface area contributed by atoms with Gasteiger partial charge in [-0.25, -0.2) is 8.78 Å². The van der Waals surface area contributed by atoms with Crippen LogP contribution in [0.5, 0.6) is 0 Å². The Morgan fingerprint density at radius 2 is 1.93 bits per heavy atom. The van der Waals surface area contributed by atoms with Crippen LogP contribution in [0.15, 0.2) is 18.2 Å². The largest absolute Gasteiger partial charge is 0.398 e. The molecule has 0 aliphatic carbocycles. The maximum atomic E-state index is 12.8. The van der Waals surface area contributed by atoms with Crippen LogP contribution in [0.3, 0.4) is 0 Å². The minimum Gasteiger partial charge on any atom is -0.398 e. The summed E-state index contributed by atoms with van der Waals surface area (Å²) in [5.41, 5.74) is 6.17. The first-order valence-corrected chi connectivity index (χ1v) is 4.65. The van der Waals surface area contributed by atoms with E-state index in [0.29, 0.717) is 17.9 Å². The zero-order valence-corrected chi connectivity index (χ0v) is 8.19. The van der Waals surface area contributed by atoms with Gasteiger partial charge in [0.05, 0.1) is 0 Å². The van der Waals surface area contributed by atoms with Crippen LogP contribution in [0.25, 0.3) is 6.08 Å². The molecule has 76 valence electrons. The maximum Gasteiger partial charge on any atom is 0.160 e. The lowest BCUT2D eigenvalue weighted by Crippen LogP contribution is -1.93. The van der Waals surface area contributed by atoms with Crippen LogP contribution in [0.2, 0.25) is 0 Å². The van der Waals surface area contributed by atoms with Crippen molar-refractivity contribution >= 4 is 23.4 Å². The van der Waals surface area contributed by atoms with Crippen molar-refractivity contribution in [1.29, 1.82) is 0 Å². The molecular weight excluding hydrogens is 208 g/mol. The average molecular weight is 218 g/mol. The first-order valence-electron chi connectivity index (χ1n) is 4.12. The van der Waals surface area contributed by atoms with E-state index in [1.165, 1.54) is 0 Å². The van der Waals surface area contributed by atoms with Crippen molar-refractivity contribution in [2.75, 3.05) is 11.6 Å². The van der Waals surface area contributed by atoms with Crippen molar-refractivity contribution in [1.82, 2.24) is 0 Å². The third-order valence-electron chi connectivity index (χ3n) is 1.70. The molecule has 0 bridgehead atoms. The molecule has 0 heterocycles. The average Bonchev–Trinajstić information content (AvgIpc) is 2.14. The molecule has 1 rings (SSSR count). The standard InChI is InChI=1S/C10H10ClF2N/c11-4-2-1-3-7-5-8(12)9(13)6-10(7)14/h1,3,5-6H,2,4,14H2. The molecule has 2 N–H and O–H groups in total. The Morgan fingerprint density at radius 3 is 2.57 bits per heavy atom. The minimum atomic E-state index is -0.933. The van der Waals surface area contributed by atoms with Crippen LogP contribution in [0.4, 0.5) is 14.5 Å². The van der Waals surface area contributed by atoms with Gasteiger partial charge in [0.25, 0.3) is 0 Å². The van der Waals surface area contributed by atoms with E-state index in [0.717, 1.165) is 12.1 Å². The summed E-state index contributed by atoms with van der Waals surface area (Å²) in [5, 5.41) is 0. The second kappa shape index (κ2) is 4.96. The van der Waals surface area contributed by atoms with Crippen molar-refractivity contribution < 1.29 is 8.78 Å². The summed E-state index contributed by atoms with van der Waals surface area (Å²) in [5.74, 6) is -1.35. The van der Waals surface area contributed by atoms with E-state index in [1.807, 2.05) is 0 Å². The fraction of sp³-hybridized carbons (Fsp3) is 0.200. The summed E-state index contributed by atoms with van der Waals surface area (Å²) >= 11 is 5.45. The highest BCUT2D eigenvalue weighted by Gasteiger charge is 2.04. The lowest BCUT2D eigenvalue weighted by atomic mass is 10.1. The van der Waals surface area contributed by atoms with E-state index in [2.05, 4.69) is 0 Å². The number of halogens is 3. The molecule has 0 unspecified atom stereocenters. The number of hydrogen-bond donors (Lipinski definition) is 1. The predicted molar refractivity (Wildman–Crippen MR) is 55.1 cm³/mol. The maximum absolute atomic E-state index is 12.8. The van der Waals surface area contributed by atoms with Gasteiger partial charge in [-0.2, -0.15) is 0 Å². The van der Waals surface area contributed by atoms with Crippen LogP contribution >= 0.6 is 11.6 Å². The molecule has 0 aliphatic heterocycles. The number of nitrogens with two attached hydrogens (primary N) is 1. The van der Waals surface area contributed by atoms with Gasteiger partial charge in [-0.15, -0.1) is 11.6 Å². The molecule has 0 radical (unpaired) electrons. The fourth-order valence-corrected chi connectivity index (χ4v) is 1.12. The number of rotatable bonds is 3. The highest BCUT2D eigenvalue weighted by molar-refractivity contribution is 6.17. The van der Waals surface area contributed by atoms with Gasteiger partial charge in [0.15, 0.2) is 11.6 Å². The Hall–Kier alpha value is -1.09. The summed E-state index contributed by atoms with van der Waals surface area (Å²) in [7, 11) is 0. The van der Waals surface area contributed by atoms with Crippen LogP contribution in [0, 0.1) is 11.6 Å². The van der Waals surface area contributed by atoms with E-state index < -0.39 is 11.6 Å². The smallest absolute Gasteiger partial charge is 0.160 e. The van der Waals surface area contributed by atoms with Gasteiger partial charge in [0.1, 0.15) is 0 Å². The lowest BCUT2D eigenvalue weighted by molar-refractivity contribution is 0.509. The molecule has 0 fully saturated rings. The van der Waals surface area contributed by atoms with Crippen LogP contribution in [-0.4, -0.2) is 5.88 Å². The van der Waals surface area contributed by atoms with Gasteiger partial charge in [-0.05, 0) is 12.5 Å². The molecular formula is C10H10ClF2N. The van der Waals surface area contributed by atoms with Gasteiger partial charge in [-0.1, -0.05) is 12.2 Å². The molecule has 4 heteroatoms. The first-order chi connectivity index (χ1) is 6.65. The van der Waals surface area contributed by atoms with Crippen molar-refractivity contribution in [2.45, 2.75) is 6.42 Å². The molecule has 0 amide bonds. The Labute approximate surface area is 86.2 Å². The molecule has 14 heavy (non-hydrogen) atoms. The zero-order valence-electron chi connectivity index (χ0n) is 7.43. The number of anilines is 1. The van der Waals surface area contributed by atoms with Crippen molar-refractivity contribution in [2.24, 2.45) is 0 Å². The molecule has 0 saturated heterocycles. The Balaban J connectivity index is 2.92. The van der Waals surface area contributed by atoms with Gasteiger partial charge < -0.3 is 5.73 Å². The number of hydrogen-bond acceptors (Lipinski definition) is 1. The van der Waals surface area contributed by atoms with E-state index in [1.54, 1.807) is 12.2 Å². The Morgan fingerprint density at radius 1 is 1.29 bits per heavy atom. The first kappa shape index (κ1) is 11.0. The normalized spacial score (nSPS) is 11.1. The highest BCUT2D eigenvalue weighted by atomic mass is 35.5. The summed E-state index contributed by atoms with van der Waals surface area (Å²) in [6.07, 6.45) is 4.05. The van der Waals surface area contributed by atoms with Gasteiger partial charge >= 0.3 is 0 Å². The van der Waals surface area contributed by atoms with E-state index in [9.17, 15) is 8.78 Å². The Bertz CT molecular complexity index is 350. The highest BCUT2D eigenvalue weighted by Crippen LogP contribution is 2.18. The number of allylic oxidation sites excluding steroid dienone is 1. The minimum absolute atomic E-state index is 0.217. The topological polar surface area (TPSA) is 26.0 Å². The van der Waals surface area contributed by atoms with Gasteiger partial charge in [-0.3, -0.25) is 0 Å². The second-order valence-electron chi connectivity index (χ2n) is 2.78. The molecule has 0 aromatic heterocycles. The summed E-state index contributed by atoms with van der Waals surface area (Å²) in [6, 6.07) is 2.03. The SMILES string of the molecule is Nc1cc(F)c(F)cc1C=CCCCl. The summed E-state index contributed by atoms with van der Waals surface area (Å²) in [6.45, 7) is 0. The van der Waals surface area contributed by atoms with Crippen LogP contribution in [0.1, 0.15) is 12.0 Å². The summed E-state index contributed by atoms with van der Waals surface area (Å²) < 4.78 is 25.4. The number of nitrogen functional groups attached to an aromatic ring is 1. The van der Waals surface area contributed by atoms with Crippen LogP contribution < -0.4 is 5.73 Å². The third-order valence-corrected chi connectivity index (χ3v) is 1.92.